The molecule has 0 saturated heterocycles. The van der Waals surface area contributed by atoms with E-state index >= 15 is 0 Å². The zero-order valence-electron chi connectivity index (χ0n) is 6.46. The Kier molecular flexibility index (Phi) is 5.18. The van der Waals surface area contributed by atoms with E-state index in [9.17, 15) is 0 Å². The SMILES string of the molecule is C1=CN=CC1.CC(C)C. The lowest BCUT2D eigenvalue weighted by Gasteiger charge is -1.79. The van der Waals surface area contributed by atoms with Gasteiger partial charge in [-0.1, -0.05) is 26.8 Å². The second kappa shape index (κ2) is 5.54. The molecule has 1 rings (SSSR count). The van der Waals surface area contributed by atoms with E-state index in [1.54, 1.807) is 6.20 Å². The molecule has 1 aliphatic rings. The van der Waals surface area contributed by atoms with Gasteiger partial charge in [0.25, 0.3) is 0 Å². The molecule has 0 saturated carbocycles. The van der Waals surface area contributed by atoms with Crippen LogP contribution in [0.5, 0.6) is 0 Å². The average Bonchev–Trinajstić information content (AvgIpc) is 2.11. The molecule has 52 valence electrons. The highest BCUT2D eigenvalue weighted by Crippen LogP contribution is 1.86. The van der Waals surface area contributed by atoms with Gasteiger partial charge in [0, 0.05) is 18.8 Å². The van der Waals surface area contributed by atoms with Gasteiger partial charge in [-0.15, -0.1) is 0 Å². The number of hydrogen-bond acceptors (Lipinski definition) is 1. The van der Waals surface area contributed by atoms with E-state index in [0.29, 0.717) is 0 Å². The summed E-state index contributed by atoms with van der Waals surface area (Å²) in [6.07, 6.45) is 6.72. The van der Waals surface area contributed by atoms with E-state index in [4.69, 9.17) is 0 Å². The average molecular weight is 125 g/mol. The molecule has 0 aromatic carbocycles. The van der Waals surface area contributed by atoms with Gasteiger partial charge in [0.05, 0.1) is 0 Å². The van der Waals surface area contributed by atoms with E-state index in [1.807, 2.05) is 12.3 Å². The molecule has 0 aromatic rings. The van der Waals surface area contributed by atoms with Gasteiger partial charge in [-0.2, -0.15) is 0 Å². The van der Waals surface area contributed by atoms with Crippen molar-refractivity contribution in [3.8, 4) is 0 Å². The molecule has 0 radical (unpaired) electrons. The lowest BCUT2D eigenvalue weighted by molar-refractivity contribution is 0.737. The zero-order valence-corrected chi connectivity index (χ0v) is 6.46. The molecule has 0 amide bonds. The normalized spacial score (nSPS) is 13.8. The molecule has 0 bridgehead atoms. The molecule has 0 spiro atoms. The summed E-state index contributed by atoms with van der Waals surface area (Å²) in [5.74, 6) is 0.833. The Morgan fingerprint density at radius 3 is 2.00 bits per heavy atom. The fraction of sp³-hybridized carbons (Fsp3) is 0.625. The maximum atomic E-state index is 3.78. The number of aliphatic imine (C=N–C) groups is 1. The third kappa shape index (κ3) is 11.2. The summed E-state index contributed by atoms with van der Waals surface area (Å²) in [5, 5.41) is 0. The summed E-state index contributed by atoms with van der Waals surface area (Å²) in [4.78, 5) is 3.78. The molecule has 0 fully saturated rings. The lowest BCUT2D eigenvalue weighted by atomic mass is 10.3. The van der Waals surface area contributed by atoms with Crippen molar-refractivity contribution in [1.29, 1.82) is 0 Å². The number of rotatable bonds is 0. The Labute approximate surface area is 57.5 Å². The van der Waals surface area contributed by atoms with Crippen molar-refractivity contribution in [1.82, 2.24) is 0 Å². The third-order valence-electron chi connectivity index (χ3n) is 0.538. The first-order valence-electron chi connectivity index (χ1n) is 3.40. The maximum Gasteiger partial charge on any atom is 0.0227 e. The topological polar surface area (TPSA) is 12.4 Å². The van der Waals surface area contributed by atoms with Gasteiger partial charge in [0.2, 0.25) is 0 Å². The molecule has 0 N–H and O–H groups in total. The van der Waals surface area contributed by atoms with E-state index in [2.05, 4.69) is 25.8 Å². The molecule has 0 unspecified atom stereocenters. The van der Waals surface area contributed by atoms with Crippen LogP contribution < -0.4 is 0 Å². The first kappa shape index (κ1) is 8.41. The predicted octanol–water partition coefficient (Wildman–Crippen LogP) is 2.64. The Balaban J connectivity index is 0.000000148. The smallest absolute Gasteiger partial charge is 0.0227 e. The predicted molar refractivity (Wildman–Crippen MR) is 42.8 cm³/mol. The highest BCUT2D eigenvalue weighted by molar-refractivity contribution is 5.62. The van der Waals surface area contributed by atoms with Gasteiger partial charge < -0.3 is 0 Å². The molecule has 1 nitrogen and oxygen atoms in total. The van der Waals surface area contributed by atoms with Crippen LogP contribution in [0.15, 0.2) is 17.3 Å². The van der Waals surface area contributed by atoms with Gasteiger partial charge in [-0.3, -0.25) is 4.99 Å². The monoisotopic (exact) mass is 125 g/mol. The Morgan fingerprint density at radius 2 is 1.89 bits per heavy atom. The minimum absolute atomic E-state index is 0.833. The zero-order chi connectivity index (χ0) is 7.11. The van der Waals surface area contributed by atoms with Crippen LogP contribution in [0.2, 0.25) is 0 Å². The summed E-state index contributed by atoms with van der Waals surface area (Å²) in [5.41, 5.74) is 0. The Hall–Kier alpha value is -0.590. The lowest BCUT2D eigenvalue weighted by Crippen LogP contribution is -1.66. The van der Waals surface area contributed by atoms with E-state index < -0.39 is 0 Å². The van der Waals surface area contributed by atoms with E-state index in [1.165, 1.54) is 0 Å². The van der Waals surface area contributed by atoms with Gasteiger partial charge in [-0.25, -0.2) is 0 Å². The first-order valence-corrected chi connectivity index (χ1v) is 3.40. The summed E-state index contributed by atoms with van der Waals surface area (Å²) in [7, 11) is 0. The first-order chi connectivity index (χ1) is 4.23. The molecule has 1 heteroatoms. The number of hydrogen-bond donors (Lipinski definition) is 0. The van der Waals surface area contributed by atoms with Crippen LogP contribution in [-0.2, 0) is 0 Å². The summed E-state index contributed by atoms with van der Waals surface area (Å²) in [6, 6.07) is 0. The standard InChI is InChI=1S/C4H5N.C4H10/c1-2-4-5-3-1;1-4(2)3/h1,3-4H,2H2;4H,1-3H3. The van der Waals surface area contributed by atoms with Crippen LogP contribution >= 0.6 is 0 Å². The second-order valence-electron chi connectivity index (χ2n) is 2.68. The molecular formula is C8H15N. The fourth-order valence-electron chi connectivity index (χ4n) is 0.304. The van der Waals surface area contributed by atoms with Gasteiger partial charge in [-0.05, 0) is 5.92 Å². The van der Waals surface area contributed by atoms with E-state index in [0.717, 1.165) is 12.3 Å². The Bertz CT molecular complexity index is 88.4. The third-order valence-corrected chi connectivity index (χ3v) is 0.538. The summed E-state index contributed by atoms with van der Waals surface area (Å²) in [6.45, 7) is 6.50. The van der Waals surface area contributed by atoms with Crippen molar-refractivity contribution in [2.75, 3.05) is 0 Å². The van der Waals surface area contributed by atoms with E-state index in [-0.39, 0.29) is 0 Å². The summed E-state index contributed by atoms with van der Waals surface area (Å²) < 4.78 is 0. The van der Waals surface area contributed by atoms with Gasteiger partial charge in [0.15, 0.2) is 0 Å². The van der Waals surface area contributed by atoms with Crippen molar-refractivity contribution >= 4 is 6.21 Å². The minimum atomic E-state index is 0.833. The second-order valence-corrected chi connectivity index (χ2v) is 2.68. The van der Waals surface area contributed by atoms with Gasteiger partial charge in [0.1, 0.15) is 0 Å². The van der Waals surface area contributed by atoms with Crippen molar-refractivity contribution in [3.05, 3.63) is 12.3 Å². The van der Waals surface area contributed by atoms with Crippen LogP contribution in [0, 0.1) is 5.92 Å². The molecular weight excluding hydrogens is 110 g/mol. The maximum absolute atomic E-state index is 3.78. The quantitative estimate of drug-likeness (QED) is 0.472. The molecule has 0 atom stereocenters. The molecule has 0 aromatic heterocycles. The number of nitrogens with zero attached hydrogens (tertiary/aromatic N) is 1. The highest BCUT2D eigenvalue weighted by Gasteiger charge is 1.73. The van der Waals surface area contributed by atoms with Gasteiger partial charge >= 0.3 is 0 Å². The Morgan fingerprint density at radius 1 is 1.33 bits per heavy atom. The fourth-order valence-corrected chi connectivity index (χ4v) is 0.304. The van der Waals surface area contributed by atoms with Crippen molar-refractivity contribution in [2.24, 2.45) is 10.9 Å². The molecule has 1 aliphatic heterocycles. The summed E-state index contributed by atoms with van der Waals surface area (Å²) >= 11 is 0. The number of allylic oxidation sites excluding steroid dienone is 1. The minimum Gasteiger partial charge on any atom is -0.269 e. The molecule has 9 heavy (non-hydrogen) atoms. The van der Waals surface area contributed by atoms with Crippen LogP contribution in [0.1, 0.15) is 27.2 Å². The highest BCUT2D eigenvalue weighted by atomic mass is 14.7. The molecule has 1 heterocycles. The van der Waals surface area contributed by atoms with Crippen LogP contribution in [-0.4, -0.2) is 6.21 Å². The van der Waals surface area contributed by atoms with Crippen LogP contribution in [0.4, 0.5) is 0 Å². The van der Waals surface area contributed by atoms with Crippen molar-refractivity contribution in [3.63, 3.8) is 0 Å². The van der Waals surface area contributed by atoms with Crippen molar-refractivity contribution < 1.29 is 0 Å². The molecule has 0 aliphatic carbocycles. The van der Waals surface area contributed by atoms with Crippen LogP contribution in [0.25, 0.3) is 0 Å². The van der Waals surface area contributed by atoms with Crippen LogP contribution in [0.3, 0.4) is 0 Å². The van der Waals surface area contributed by atoms with Crippen molar-refractivity contribution in [2.45, 2.75) is 27.2 Å². The largest absolute Gasteiger partial charge is 0.269 e.